The van der Waals surface area contributed by atoms with Crippen molar-refractivity contribution in [1.82, 2.24) is 25.1 Å². The van der Waals surface area contributed by atoms with Gasteiger partial charge in [-0.3, -0.25) is 4.79 Å². The summed E-state index contributed by atoms with van der Waals surface area (Å²) in [4.78, 5) is 26.6. The zero-order valence-corrected chi connectivity index (χ0v) is 15.2. The van der Waals surface area contributed by atoms with E-state index in [4.69, 9.17) is 14.0 Å². The first-order valence-electron chi connectivity index (χ1n) is 8.87. The van der Waals surface area contributed by atoms with Gasteiger partial charge in [-0.15, -0.1) is 5.10 Å². The van der Waals surface area contributed by atoms with E-state index in [-0.39, 0.29) is 23.6 Å². The van der Waals surface area contributed by atoms with Crippen molar-refractivity contribution < 1.29 is 23.6 Å². The molecule has 0 bridgehead atoms. The lowest BCUT2D eigenvalue weighted by atomic mass is 10.1. The molecule has 0 aromatic carbocycles. The van der Waals surface area contributed by atoms with E-state index in [9.17, 15) is 9.59 Å². The van der Waals surface area contributed by atoms with Gasteiger partial charge in [-0.25, -0.2) is 9.48 Å². The number of hydrogen-bond donors (Lipinski definition) is 0. The molecule has 27 heavy (non-hydrogen) atoms. The lowest BCUT2D eigenvalue weighted by molar-refractivity contribution is -0.145. The highest BCUT2D eigenvalue weighted by molar-refractivity contribution is 5.96. The van der Waals surface area contributed by atoms with Crippen molar-refractivity contribution in [2.24, 2.45) is 0 Å². The Balaban J connectivity index is 1.56. The topological polar surface area (TPSA) is 113 Å². The van der Waals surface area contributed by atoms with E-state index in [2.05, 4.69) is 15.5 Å². The number of amides is 1. The Bertz CT molecular complexity index is 840. The van der Waals surface area contributed by atoms with E-state index in [0.29, 0.717) is 25.1 Å². The van der Waals surface area contributed by atoms with Crippen LogP contribution < -0.4 is 0 Å². The molecular formula is C17H21N5O5. The molecule has 2 saturated heterocycles. The minimum Gasteiger partial charge on any atom is -0.467 e. The summed E-state index contributed by atoms with van der Waals surface area (Å²) < 4.78 is 16.9. The van der Waals surface area contributed by atoms with Crippen LogP contribution in [0.3, 0.4) is 0 Å². The van der Waals surface area contributed by atoms with Crippen LogP contribution in [0.2, 0.25) is 0 Å². The maximum absolute atomic E-state index is 12.9. The third-order valence-corrected chi connectivity index (χ3v) is 5.21. The second kappa shape index (κ2) is 7.10. The molecule has 2 aliphatic heterocycles. The number of aromatic nitrogens is 4. The monoisotopic (exact) mass is 375 g/mol. The van der Waals surface area contributed by atoms with Crippen molar-refractivity contribution in [3.05, 3.63) is 29.4 Å². The Kier molecular flexibility index (Phi) is 4.65. The lowest BCUT2D eigenvalue weighted by Crippen LogP contribution is -2.41. The number of methoxy groups -OCH3 is 1. The Morgan fingerprint density at radius 3 is 2.89 bits per heavy atom. The molecule has 10 nitrogen and oxygen atoms in total. The minimum atomic E-state index is -0.703. The SMILES string of the molecule is COC(=O)[C@H]1C[C@@H](n2cc(C3CCOC3)nn2)CN1C(=O)c1nocc1C. The number of aryl methyl sites for hydroxylation is 1. The van der Waals surface area contributed by atoms with Gasteiger partial charge in [0.25, 0.3) is 5.91 Å². The summed E-state index contributed by atoms with van der Waals surface area (Å²) in [6.07, 6.45) is 4.61. The summed E-state index contributed by atoms with van der Waals surface area (Å²) in [5.74, 6) is -0.577. The number of likely N-dealkylation sites (tertiary alicyclic amines) is 1. The van der Waals surface area contributed by atoms with Crippen LogP contribution in [0.4, 0.5) is 0 Å². The van der Waals surface area contributed by atoms with Gasteiger partial charge in [-0.1, -0.05) is 10.4 Å². The van der Waals surface area contributed by atoms with E-state index in [1.165, 1.54) is 18.3 Å². The van der Waals surface area contributed by atoms with Crippen molar-refractivity contribution in [3.8, 4) is 0 Å². The molecule has 10 heteroatoms. The summed E-state index contributed by atoms with van der Waals surface area (Å²) >= 11 is 0. The number of carbonyl (C=O) groups is 2. The normalized spacial score (nSPS) is 25.1. The summed E-state index contributed by atoms with van der Waals surface area (Å²) in [7, 11) is 1.31. The van der Waals surface area contributed by atoms with Crippen molar-refractivity contribution in [1.29, 1.82) is 0 Å². The van der Waals surface area contributed by atoms with Crippen LogP contribution in [0.15, 0.2) is 17.0 Å². The second-order valence-corrected chi connectivity index (χ2v) is 6.92. The first-order valence-corrected chi connectivity index (χ1v) is 8.87. The van der Waals surface area contributed by atoms with Gasteiger partial charge in [0, 0.05) is 37.3 Å². The lowest BCUT2D eigenvalue weighted by Gasteiger charge is -2.21. The summed E-state index contributed by atoms with van der Waals surface area (Å²) in [6.45, 7) is 3.42. The molecule has 2 fully saturated rings. The van der Waals surface area contributed by atoms with Crippen molar-refractivity contribution in [2.45, 2.75) is 37.8 Å². The number of rotatable bonds is 4. The molecule has 0 spiro atoms. The molecule has 144 valence electrons. The molecule has 2 aliphatic rings. The van der Waals surface area contributed by atoms with Crippen LogP contribution in [0, 0.1) is 6.92 Å². The Hall–Kier alpha value is -2.75. The molecule has 0 N–H and O–H groups in total. The van der Waals surface area contributed by atoms with Gasteiger partial charge >= 0.3 is 5.97 Å². The fourth-order valence-electron chi connectivity index (χ4n) is 3.64. The summed E-state index contributed by atoms with van der Waals surface area (Å²) in [5, 5.41) is 12.2. The van der Waals surface area contributed by atoms with Crippen molar-refractivity contribution >= 4 is 11.9 Å². The first kappa shape index (κ1) is 17.7. The fraction of sp³-hybridized carbons (Fsp3) is 0.588. The van der Waals surface area contributed by atoms with Gasteiger partial charge in [0.15, 0.2) is 5.69 Å². The smallest absolute Gasteiger partial charge is 0.328 e. The van der Waals surface area contributed by atoms with Crippen LogP contribution in [0.5, 0.6) is 0 Å². The quantitative estimate of drug-likeness (QED) is 0.718. The number of hydrogen-bond acceptors (Lipinski definition) is 8. The van der Waals surface area contributed by atoms with E-state index in [0.717, 1.165) is 18.7 Å². The molecule has 4 heterocycles. The standard InChI is InChI=1S/C17H21N5O5/c1-10-8-27-19-15(10)16(23)21-6-12(5-14(21)17(24)25-2)22-7-13(18-20-22)11-3-4-26-9-11/h7-8,11-12,14H,3-6,9H2,1-2H3/t11?,12-,14-/m1/s1. The van der Waals surface area contributed by atoms with Crippen molar-refractivity contribution in [2.75, 3.05) is 26.9 Å². The molecule has 1 unspecified atom stereocenters. The van der Waals surface area contributed by atoms with Crippen LogP contribution in [-0.2, 0) is 14.3 Å². The molecule has 0 saturated carbocycles. The van der Waals surface area contributed by atoms with Crippen LogP contribution in [0.1, 0.15) is 46.5 Å². The third kappa shape index (κ3) is 3.20. The van der Waals surface area contributed by atoms with Crippen LogP contribution in [0.25, 0.3) is 0 Å². The highest BCUT2D eigenvalue weighted by atomic mass is 16.5. The molecule has 0 aliphatic carbocycles. The Labute approximate surface area is 155 Å². The minimum absolute atomic E-state index is 0.172. The molecule has 2 aromatic rings. The summed E-state index contributed by atoms with van der Waals surface area (Å²) in [5.41, 5.74) is 1.70. The van der Waals surface area contributed by atoms with E-state index >= 15 is 0 Å². The molecule has 4 rings (SSSR count). The largest absolute Gasteiger partial charge is 0.467 e. The maximum Gasteiger partial charge on any atom is 0.328 e. The second-order valence-electron chi connectivity index (χ2n) is 6.92. The highest BCUT2D eigenvalue weighted by Crippen LogP contribution is 2.31. The summed E-state index contributed by atoms with van der Waals surface area (Å²) in [6, 6.07) is -0.875. The fourth-order valence-corrected chi connectivity index (χ4v) is 3.64. The maximum atomic E-state index is 12.9. The first-order chi connectivity index (χ1) is 13.1. The Morgan fingerprint density at radius 1 is 1.37 bits per heavy atom. The van der Waals surface area contributed by atoms with Gasteiger partial charge in [0.1, 0.15) is 12.3 Å². The van der Waals surface area contributed by atoms with Gasteiger partial charge in [0.05, 0.1) is 25.5 Å². The van der Waals surface area contributed by atoms with Crippen molar-refractivity contribution in [3.63, 3.8) is 0 Å². The van der Waals surface area contributed by atoms with Gasteiger partial charge in [0.2, 0.25) is 0 Å². The van der Waals surface area contributed by atoms with Gasteiger partial charge < -0.3 is 18.9 Å². The van der Waals surface area contributed by atoms with E-state index < -0.39 is 12.0 Å². The Morgan fingerprint density at radius 2 is 2.22 bits per heavy atom. The average molecular weight is 375 g/mol. The number of carbonyl (C=O) groups excluding carboxylic acids is 2. The van der Waals surface area contributed by atoms with E-state index in [1.807, 2.05) is 6.20 Å². The average Bonchev–Trinajstić information content (AvgIpc) is 3.45. The molecule has 3 atom stereocenters. The molecular weight excluding hydrogens is 354 g/mol. The van der Waals surface area contributed by atoms with Gasteiger partial charge in [-0.05, 0) is 13.3 Å². The van der Waals surface area contributed by atoms with Crippen LogP contribution >= 0.6 is 0 Å². The molecule has 0 radical (unpaired) electrons. The van der Waals surface area contributed by atoms with Gasteiger partial charge in [-0.2, -0.15) is 0 Å². The molecule has 1 amide bonds. The number of nitrogens with zero attached hydrogens (tertiary/aromatic N) is 5. The highest BCUT2D eigenvalue weighted by Gasteiger charge is 2.43. The zero-order valence-electron chi connectivity index (χ0n) is 15.2. The number of ether oxygens (including phenoxy) is 2. The predicted molar refractivity (Wildman–Crippen MR) is 89.9 cm³/mol. The molecule has 2 aromatic heterocycles. The number of esters is 1. The zero-order chi connectivity index (χ0) is 19.0. The van der Waals surface area contributed by atoms with E-state index in [1.54, 1.807) is 11.6 Å². The van der Waals surface area contributed by atoms with Crippen LogP contribution in [-0.4, -0.2) is 69.8 Å². The predicted octanol–water partition coefficient (Wildman–Crippen LogP) is 0.707. The third-order valence-electron chi connectivity index (χ3n) is 5.21.